The molecule has 1 aliphatic rings. The molecule has 1 saturated heterocycles. The van der Waals surface area contributed by atoms with Gasteiger partial charge in [0.05, 0.1) is 11.7 Å². The molecule has 2 unspecified atom stereocenters. The molecule has 2 aromatic heterocycles. The maximum atomic E-state index is 11.4. The molecule has 7 heteroatoms. The number of carbonyl (C=O) groups excluding carboxylic acids is 1. The largest absolute Gasteiger partial charge is 0.351 e. The Hall–Kier alpha value is -3.19. The van der Waals surface area contributed by atoms with E-state index >= 15 is 0 Å². The number of carbonyl (C=O) groups is 1. The van der Waals surface area contributed by atoms with Crippen LogP contribution in [0.1, 0.15) is 50.3 Å². The Morgan fingerprint density at radius 2 is 1.90 bits per heavy atom. The normalized spacial score (nSPS) is 18.5. The van der Waals surface area contributed by atoms with E-state index in [9.17, 15) is 4.79 Å². The maximum absolute atomic E-state index is 11.4. The first-order valence-electron chi connectivity index (χ1n) is 10.0. The van der Waals surface area contributed by atoms with Crippen molar-refractivity contribution >= 4 is 34.6 Å². The fraction of sp³-hybridized carbons (Fsp3) is 0.261. The molecule has 30 heavy (non-hydrogen) atoms. The van der Waals surface area contributed by atoms with Crippen molar-refractivity contribution in [2.75, 3.05) is 10.2 Å². The third kappa shape index (κ3) is 3.80. The minimum absolute atomic E-state index is 0.0589. The molecule has 154 valence electrons. The monoisotopic (exact) mass is 419 g/mol. The highest BCUT2D eigenvalue weighted by molar-refractivity contribution is 7.80. The van der Waals surface area contributed by atoms with Crippen LogP contribution in [0.15, 0.2) is 67.0 Å². The molecule has 1 fully saturated rings. The zero-order chi connectivity index (χ0) is 21.3. The van der Waals surface area contributed by atoms with Crippen molar-refractivity contribution in [2.24, 2.45) is 0 Å². The van der Waals surface area contributed by atoms with E-state index in [-0.39, 0.29) is 18.0 Å². The van der Waals surface area contributed by atoms with Gasteiger partial charge in [0, 0.05) is 42.4 Å². The third-order valence-corrected chi connectivity index (χ3v) is 5.55. The number of hydrogen-bond acceptors (Lipinski definition) is 3. The molecule has 1 amide bonds. The van der Waals surface area contributed by atoms with Crippen molar-refractivity contribution in [3.05, 3.63) is 78.4 Å². The van der Waals surface area contributed by atoms with Crippen LogP contribution in [-0.4, -0.2) is 20.6 Å². The summed E-state index contributed by atoms with van der Waals surface area (Å²) in [6.45, 7) is 5.85. The fourth-order valence-corrected chi connectivity index (χ4v) is 4.32. The number of aromatic nitrogens is 2. The number of hydrogen-bond donors (Lipinski definition) is 2. The minimum Gasteiger partial charge on any atom is -0.351 e. The standard InChI is InChI=1S/C23H25N5OS/c1-15(2)27-14-6-8-20(27)22-21(19-7-4-5-13-24-19)26-23(30)28(22)18-11-9-17(10-12-18)25-16(3)29/h4-15,21-22H,1-3H3,(H,25,29)(H,26,30). The summed E-state index contributed by atoms with van der Waals surface area (Å²) in [7, 11) is 0. The predicted molar refractivity (Wildman–Crippen MR) is 123 cm³/mol. The summed E-state index contributed by atoms with van der Waals surface area (Å²) in [6.07, 6.45) is 3.92. The minimum atomic E-state index is -0.0936. The van der Waals surface area contributed by atoms with Crippen molar-refractivity contribution in [3.8, 4) is 0 Å². The van der Waals surface area contributed by atoms with Gasteiger partial charge in [-0.05, 0) is 74.6 Å². The summed E-state index contributed by atoms with van der Waals surface area (Å²) in [5.41, 5.74) is 3.83. The lowest BCUT2D eigenvalue weighted by Crippen LogP contribution is -2.30. The molecule has 3 aromatic rings. The Morgan fingerprint density at radius 1 is 1.13 bits per heavy atom. The van der Waals surface area contributed by atoms with Gasteiger partial charge in [-0.2, -0.15) is 0 Å². The van der Waals surface area contributed by atoms with E-state index in [1.165, 1.54) is 12.6 Å². The van der Waals surface area contributed by atoms with Crippen LogP contribution < -0.4 is 15.5 Å². The van der Waals surface area contributed by atoms with Crippen molar-refractivity contribution in [1.82, 2.24) is 14.9 Å². The topological polar surface area (TPSA) is 62.2 Å². The number of anilines is 2. The van der Waals surface area contributed by atoms with E-state index in [0.717, 1.165) is 17.1 Å². The van der Waals surface area contributed by atoms with Crippen LogP contribution >= 0.6 is 12.2 Å². The maximum Gasteiger partial charge on any atom is 0.221 e. The van der Waals surface area contributed by atoms with Gasteiger partial charge >= 0.3 is 0 Å². The second-order valence-electron chi connectivity index (χ2n) is 7.66. The Balaban J connectivity index is 1.78. The molecular formula is C23H25N5OS. The average molecular weight is 420 g/mol. The van der Waals surface area contributed by atoms with Gasteiger partial charge in [0.1, 0.15) is 6.04 Å². The van der Waals surface area contributed by atoms with E-state index in [1.54, 1.807) is 0 Å². The second kappa shape index (κ2) is 8.28. The van der Waals surface area contributed by atoms with Crippen LogP contribution in [0.4, 0.5) is 11.4 Å². The number of nitrogens with one attached hydrogen (secondary N) is 2. The Kier molecular flexibility index (Phi) is 5.55. The molecule has 1 aromatic carbocycles. The molecule has 1 aliphatic heterocycles. The summed E-state index contributed by atoms with van der Waals surface area (Å²) >= 11 is 5.77. The van der Waals surface area contributed by atoms with E-state index in [2.05, 4.69) is 57.3 Å². The molecular weight excluding hydrogens is 394 g/mol. The molecule has 2 atom stereocenters. The van der Waals surface area contributed by atoms with Gasteiger partial charge in [-0.25, -0.2) is 0 Å². The van der Waals surface area contributed by atoms with Gasteiger partial charge in [-0.3, -0.25) is 9.78 Å². The lowest BCUT2D eigenvalue weighted by molar-refractivity contribution is -0.114. The van der Waals surface area contributed by atoms with Gasteiger partial charge in [-0.15, -0.1) is 0 Å². The highest BCUT2D eigenvalue weighted by Crippen LogP contribution is 2.42. The third-order valence-electron chi connectivity index (χ3n) is 5.24. The van der Waals surface area contributed by atoms with Crippen molar-refractivity contribution in [1.29, 1.82) is 0 Å². The first-order chi connectivity index (χ1) is 14.5. The smallest absolute Gasteiger partial charge is 0.221 e. The number of amides is 1. The van der Waals surface area contributed by atoms with Gasteiger partial charge < -0.3 is 20.1 Å². The molecule has 0 bridgehead atoms. The highest BCUT2D eigenvalue weighted by Gasteiger charge is 2.42. The molecule has 0 spiro atoms. The first kappa shape index (κ1) is 20.1. The van der Waals surface area contributed by atoms with E-state index in [0.29, 0.717) is 11.2 Å². The summed E-state index contributed by atoms with van der Waals surface area (Å²) in [5.74, 6) is -0.0936. The Morgan fingerprint density at radius 3 is 2.53 bits per heavy atom. The quantitative estimate of drug-likeness (QED) is 0.592. The fourth-order valence-electron chi connectivity index (χ4n) is 3.97. The van der Waals surface area contributed by atoms with E-state index in [4.69, 9.17) is 12.2 Å². The molecule has 2 N–H and O–H groups in total. The van der Waals surface area contributed by atoms with E-state index < -0.39 is 0 Å². The number of pyridine rings is 1. The van der Waals surface area contributed by atoms with Crippen LogP contribution in [0.25, 0.3) is 0 Å². The van der Waals surface area contributed by atoms with Crippen LogP contribution in [0.2, 0.25) is 0 Å². The molecule has 6 nitrogen and oxygen atoms in total. The number of benzene rings is 1. The first-order valence-corrected chi connectivity index (χ1v) is 10.4. The summed E-state index contributed by atoms with van der Waals surface area (Å²) in [6, 6.07) is 18.1. The van der Waals surface area contributed by atoms with Crippen molar-refractivity contribution in [3.63, 3.8) is 0 Å². The van der Waals surface area contributed by atoms with Gasteiger partial charge in [0.25, 0.3) is 0 Å². The lowest BCUT2D eigenvalue weighted by Gasteiger charge is -2.30. The van der Waals surface area contributed by atoms with Crippen molar-refractivity contribution < 1.29 is 4.79 Å². The molecule has 0 radical (unpaired) electrons. The number of rotatable bonds is 5. The average Bonchev–Trinajstić information content (AvgIpc) is 3.33. The van der Waals surface area contributed by atoms with Gasteiger partial charge in [-0.1, -0.05) is 6.07 Å². The summed E-state index contributed by atoms with van der Waals surface area (Å²) in [5, 5.41) is 6.95. The Bertz CT molecular complexity index is 1040. The number of thiocarbonyl (C=S) groups is 1. The molecule has 3 heterocycles. The number of nitrogens with zero attached hydrogens (tertiary/aromatic N) is 3. The van der Waals surface area contributed by atoms with Crippen molar-refractivity contribution in [2.45, 2.75) is 38.9 Å². The Labute approximate surface area is 181 Å². The predicted octanol–water partition coefficient (Wildman–Crippen LogP) is 4.60. The highest BCUT2D eigenvalue weighted by atomic mass is 32.1. The van der Waals surface area contributed by atoms with Gasteiger partial charge in [0.15, 0.2) is 5.11 Å². The summed E-state index contributed by atoms with van der Waals surface area (Å²) in [4.78, 5) is 18.1. The summed E-state index contributed by atoms with van der Waals surface area (Å²) < 4.78 is 2.27. The molecule has 0 aliphatic carbocycles. The van der Waals surface area contributed by atoms with Crippen LogP contribution in [0, 0.1) is 0 Å². The molecule has 4 rings (SSSR count). The zero-order valence-electron chi connectivity index (χ0n) is 17.2. The second-order valence-corrected chi connectivity index (χ2v) is 8.05. The van der Waals surface area contributed by atoms with Crippen LogP contribution in [0.5, 0.6) is 0 Å². The lowest BCUT2D eigenvalue weighted by atomic mass is 10.0. The zero-order valence-corrected chi connectivity index (χ0v) is 18.1. The van der Waals surface area contributed by atoms with Gasteiger partial charge in [0.2, 0.25) is 5.91 Å². The molecule has 0 saturated carbocycles. The van der Waals surface area contributed by atoms with E-state index in [1.807, 2.05) is 48.7 Å². The SMILES string of the molecule is CC(=O)Nc1ccc(N2C(=S)NC(c3ccccn3)C2c2cccn2C(C)C)cc1. The van der Waals surface area contributed by atoms with Crippen LogP contribution in [-0.2, 0) is 4.79 Å². The van der Waals surface area contributed by atoms with Crippen LogP contribution in [0.3, 0.4) is 0 Å².